The summed E-state index contributed by atoms with van der Waals surface area (Å²) in [6, 6.07) is 0.810. The molecule has 3 rings (SSSR count). The normalized spacial score (nSPS) is 31.7. The maximum absolute atomic E-state index is 5.24. The second-order valence-corrected chi connectivity index (χ2v) is 6.94. The fraction of sp³-hybridized carbons (Fsp3) is 1.00. The van der Waals surface area contributed by atoms with Crippen molar-refractivity contribution in [2.24, 2.45) is 5.92 Å². The Bertz CT molecular complexity index is 284. The quantitative estimate of drug-likeness (QED) is 0.773. The molecular formula is C16H30N2O. The molecule has 1 aliphatic heterocycles. The fourth-order valence-corrected chi connectivity index (χ4v) is 4.18. The predicted octanol–water partition coefficient (Wildman–Crippen LogP) is 2.41. The largest absolute Gasteiger partial charge is 0.385 e. The van der Waals surface area contributed by atoms with Crippen LogP contribution in [0.1, 0.15) is 51.4 Å². The number of hydrogen-bond donors (Lipinski definition) is 1. The molecule has 1 N–H and O–H groups in total. The van der Waals surface area contributed by atoms with E-state index in [0.29, 0.717) is 5.54 Å². The van der Waals surface area contributed by atoms with Crippen LogP contribution in [-0.4, -0.2) is 49.8 Å². The first-order chi connectivity index (χ1) is 9.33. The molecule has 3 heteroatoms. The van der Waals surface area contributed by atoms with Gasteiger partial charge in [0.05, 0.1) is 0 Å². The van der Waals surface area contributed by atoms with Gasteiger partial charge in [0, 0.05) is 44.9 Å². The summed E-state index contributed by atoms with van der Waals surface area (Å²) >= 11 is 0. The van der Waals surface area contributed by atoms with Gasteiger partial charge in [-0.25, -0.2) is 0 Å². The zero-order valence-corrected chi connectivity index (χ0v) is 12.5. The summed E-state index contributed by atoms with van der Waals surface area (Å²) in [6.45, 7) is 4.67. The van der Waals surface area contributed by atoms with Crippen LogP contribution in [0.25, 0.3) is 0 Å². The molecule has 110 valence electrons. The second kappa shape index (κ2) is 6.11. The molecule has 0 amide bonds. The number of nitrogens with zero attached hydrogens (tertiary/aromatic N) is 1. The van der Waals surface area contributed by atoms with E-state index in [2.05, 4.69) is 10.2 Å². The third kappa shape index (κ3) is 3.32. The third-order valence-electron chi connectivity index (χ3n) is 5.43. The molecule has 2 saturated carbocycles. The van der Waals surface area contributed by atoms with Gasteiger partial charge in [0.1, 0.15) is 0 Å². The van der Waals surface area contributed by atoms with Gasteiger partial charge < -0.3 is 10.1 Å². The van der Waals surface area contributed by atoms with Gasteiger partial charge in [0.2, 0.25) is 0 Å². The van der Waals surface area contributed by atoms with E-state index in [1.807, 2.05) is 7.11 Å². The van der Waals surface area contributed by atoms with Crippen molar-refractivity contribution < 1.29 is 4.74 Å². The number of piperazine rings is 1. The van der Waals surface area contributed by atoms with Gasteiger partial charge in [-0.05, 0) is 38.0 Å². The monoisotopic (exact) mass is 266 g/mol. The van der Waals surface area contributed by atoms with E-state index in [0.717, 1.165) is 18.6 Å². The van der Waals surface area contributed by atoms with Crippen LogP contribution in [0, 0.1) is 5.92 Å². The Morgan fingerprint density at radius 1 is 1.21 bits per heavy atom. The molecular weight excluding hydrogens is 236 g/mol. The maximum atomic E-state index is 5.24. The van der Waals surface area contributed by atoms with E-state index >= 15 is 0 Å². The molecule has 0 bridgehead atoms. The molecule has 1 atom stereocenters. The fourth-order valence-electron chi connectivity index (χ4n) is 4.18. The molecule has 0 aromatic heterocycles. The Kier molecular flexibility index (Phi) is 4.45. The lowest BCUT2D eigenvalue weighted by Crippen LogP contribution is -2.65. The topological polar surface area (TPSA) is 24.5 Å². The molecule has 0 aromatic carbocycles. The number of ether oxygens (including phenoxy) is 1. The molecule has 3 fully saturated rings. The van der Waals surface area contributed by atoms with Crippen LogP contribution >= 0.6 is 0 Å². The lowest BCUT2D eigenvalue weighted by Gasteiger charge is -2.50. The van der Waals surface area contributed by atoms with E-state index in [4.69, 9.17) is 4.74 Å². The van der Waals surface area contributed by atoms with Gasteiger partial charge >= 0.3 is 0 Å². The van der Waals surface area contributed by atoms with Crippen molar-refractivity contribution in [3.63, 3.8) is 0 Å². The van der Waals surface area contributed by atoms with E-state index in [9.17, 15) is 0 Å². The lowest BCUT2D eigenvalue weighted by molar-refractivity contribution is 0.0403. The molecule has 0 radical (unpaired) electrons. The average Bonchev–Trinajstić information content (AvgIpc) is 3.25. The predicted molar refractivity (Wildman–Crippen MR) is 78.4 cm³/mol. The van der Waals surface area contributed by atoms with Crippen LogP contribution in [0.5, 0.6) is 0 Å². The molecule has 3 nitrogen and oxygen atoms in total. The number of hydrogen-bond acceptors (Lipinski definition) is 3. The Morgan fingerprint density at radius 3 is 2.68 bits per heavy atom. The second-order valence-electron chi connectivity index (χ2n) is 6.94. The zero-order valence-electron chi connectivity index (χ0n) is 12.5. The van der Waals surface area contributed by atoms with Gasteiger partial charge in [-0.3, -0.25) is 4.90 Å². The smallest absolute Gasteiger partial charge is 0.0474 e. The van der Waals surface area contributed by atoms with E-state index in [-0.39, 0.29) is 0 Å². The Morgan fingerprint density at radius 2 is 2.00 bits per heavy atom. The van der Waals surface area contributed by atoms with E-state index in [1.165, 1.54) is 71.0 Å². The standard InChI is InChI=1S/C16H30N2O/c1-19-11-5-10-18-13-16(8-3-2-4-9-16)17-12-15(18)14-6-7-14/h14-15,17H,2-13H2,1H3. The van der Waals surface area contributed by atoms with Crippen LogP contribution < -0.4 is 5.32 Å². The molecule has 1 heterocycles. The lowest BCUT2D eigenvalue weighted by atomic mass is 9.79. The van der Waals surface area contributed by atoms with Crippen LogP contribution in [-0.2, 0) is 4.74 Å². The molecule has 1 spiro atoms. The summed E-state index contributed by atoms with van der Waals surface area (Å²) in [5, 5.41) is 3.95. The first-order valence-electron chi connectivity index (χ1n) is 8.31. The Labute approximate surface area is 118 Å². The molecule has 3 aliphatic rings. The first-order valence-corrected chi connectivity index (χ1v) is 8.31. The maximum Gasteiger partial charge on any atom is 0.0474 e. The van der Waals surface area contributed by atoms with Gasteiger partial charge in [-0.2, -0.15) is 0 Å². The molecule has 0 aromatic rings. The van der Waals surface area contributed by atoms with Crippen molar-refractivity contribution in [3.05, 3.63) is 0 Å². The van der Waals surface area contributed by atoms with E-state index in [1.54, 1.807) is 0 Å². The highest BCUT2D eigenvalue weighted by Gasteiger charge is 2.44. The van der Waals surface area contributed by atoms with Crippen molar-refractivity contribution >= 4 is 0 Å². The van der Waals surface area contributed by atoms with Crippen LogP contribution in [0.4, 0.5) is 0 Å². The van der Waals surface area contributed by atoms with E-state index < -0.39 is 0 Å². The van der Waals surface area contributed by atoms with Crippen molar-refractivity contribution in [3.8, 4) is 0 Å². The summed E-state index contributed by atoms with van der Waals surface area (Å²) < 4.78 is 5.24. The Balaban J connectivity index is 1.60. The molecule has 2 aliphatic carbocycles. The minimum Gasteiger partial charge on any atom is -0.385 e. The van der Waals surface area contributed by atoms with Gasteiger partial charge in [-0.15, -0.1) is 0 Å². The number of rotatable bonds is 5. The van der Waals surface area contributed by atoms with Crippen LogP contribution in [0.15, 0.2) is 0 Å². The Hall–Kier alpha value is -0.120. The average molecular weight is 266 g/mol. The van der Waals surface area contributed by atoms with Gasteiger partial charge in [0.15, 0.2) is 0 Å². The minimum atomic E-state index is 0.455. The van der Waals surface area contributed by atoms with Crippen molar-refractivity contribution in [1.82, 2.24) is 10.2 Å². The SMILES string of the molecule is COCCCN1CC2(CCCCC2)NCC1C1CC1. The van der Waals surface area contributed by atoms with Crippen molar-refractivity contribution in [1.29, 1.82) is 0 Å². The summed E-state index contributed by atoms with van der Waals surface area (Å²) in [7, 11) is 1.82. The number of methoxy groups -OCH3 is 1. The van der Waals surface area contributed by atoms with Crippen molar-refractivity contribution in [2.45, 2.75) is 62.9 Å². The number of nitrogens with one attached hydrogen (secondary N) is 1. The van der Waals surface area contributed by atoms with Gasteiger partial charge in [0.25, 0.3) is 0 Å². The molecule has 1 unspecified atom stereocenters. The minimum absolute atomic E-state index is 0.455. The van der Waals surface area contributed by atoms with Gasteiger partial charge in [-0.1, -0.05) is 19.3 Å². The summed E-state index contributed by atoms with van der Waals surface area (Å²) in [5.41, 5.74) is 0.455. The zero-order chi connectivity index (χ0) is 13.1. The summed E-state index contributed by atoms with van der Waals surface area (Å²) in [5.74, 6) is 0.982. The van der Waals surface area contributed by atoms with Crippen molar-refractivity contribution in [2.75, 3.05) is 33.4 Å². The highest BCUT2D eigenvalue weighted by atomic mass is 16.5. The highest BCUT2D eigenvalue weighted by Crippen LogP contribution is 2.39. The highest BCUT2D eigenvalue weighted by molar-refractivity contribution is 5.03. The van der Waals surface area contributed by atoms with Crippen LogP contribution in [0.3, 0.4) is 0 Å². The summed E-state index contributed by atoms with van der Waals surface area (Å²) in [6.07, 6.45) is 11.2. The van der Waals surface area contributed by atoms with Crippen LogP contribution in [0.2, 0.25) is 0 Å². The third-order valence-corrected chi connectivity index (χ3v) is 5.43. The molecule has 19 heavy (non-hydrogen) atoms. The first kappa shape index (κ1) is 13.8. The molecule has 1 saturated heterocycles. The summed E-state index contributed by atoms with van der Waals surface area (Å²) in [4.78, 5) is 2.80.